The summed E-state index contributed by atoms with van der Waals surface area (Å²) in [4.78, 5) is 38.7. The van der Waals surface area contributed by atoms with E-state index in [1.54, 1.807) is 6.07 Å². The maximum Gasteiger partial charge on any atom is 0.257 e. The molecule has 160 valence electrons. The molecule has 0 atom stereocenters. The Morgan fingerprint density at radius 2 is 1.97 bits per heavy atom. The molecule has 2 amide bonds. The summed E-state index contributed by atoms with van der Waals surface area (Å²) in [6.45, 7) is 3.47. The number of pyridine rings is 1. The van der Waals surface area contributed by atoms with E-state index in [2.05, 4.69) is 32.1 Å². The second kappa shape index (κ2) is 8.31. The number of amides is 2. The first-order chi connectivity index (χ1) is 15.2. The van der Waals surface area contributed by atoms with Crippen LogP contribution in [-0.4, -0.2) is 62.7 Å². The lowest BCUT2D eigenvalue weighted by Gasteiger charge is -2.27. The first kappa shape index (κ1) is 19.4. The summed E-state index contributed by atoms with van der Waals surface area (Å²) in [7, 11) is 0. The third kappa shape index (κ3) is 4.19. The van der Waals surface area contributed by atoms with Crippen LogP contribution in [0.25, 0.3) is 5.65 Å². The standard InChI is InChI=1S/C21H24N8O2/c30-13-26-19-8-18(24-12-25-19)23-9-16-11-29-10-15(14-1-2-14)7-17(20(29)27-16)21(31)28-5-3-22-4-6-28/h7-8,10-14,22H,1-6,9H2,(H2,23,24,25,26,30). The molecule has 1 saturated carbocycles. The van der Waals surface area contributed by atoms with Gasteiger partial charge in [-0.25, -0.2) is 15.0 Å². The minimum atomic E-state index is 0.0412. The van der Waals surface area contributed by atoms with E-state index < -0.39 is 0 Å². The van der Waals surface area contributed by atoms with Crippen LogP contribution < -0.4 is 16.0 Å². The fraction of sp³-hybridized carbons (Fsp3) is 0.381. The normalized spacial score (nSPS) is 16.3. The molecule has 10 nitrogen and oxygen atoms in total. The van der Waals surface area contributed by atoms with Crippen LogP contribution in [0, 0.1) is 0 Å². The molecule has 1 aliphatic heterocycles. The van der Waals surface area contributed by atoms with Crippen molar-refractivity contribution in [3.8, 4) is 0 Å². The Bertz CT molecular complexity index is 1120. The number of nitrogens with zero attached hydrogens (tertiary/aromatic N) is 5. The number of nitrogens with one attached hydrogen (secondary N) is 3. The van der Waals surface area contributed by atoms with Crippen LogP contribution in [0.3, 0.4) is 0 Å². The molecule has 0 bridgehead atoms. The van der Waals surface area contributed by atoms with Gasteiger partial charge in [-0.15, -0.1) is 0 Å². The predicted molar refractivity (Wildman–Crippen MR) is 115 cm³/mol. The summed E-state index contributed by atoms with van der Waals surface area (Å²) in [6.07, 6.45) is 8.33. The molecule has 0 spiro atoms. The zero-order chi connectivity index (χ0) is 21.2. The molecule has 10 heteroatoms. The Hall–Kier alpha value is -3.53. The van der Waals surface area contributed by atoms with E-state index in [1.807, 2.05) is 21.6 Å². The third-order valence-corrected chi connectivity index (χ3v) is 5.63. The average Bonchev–Trinajstić information content (AvgIpc) is 3.57. The van der Waals surface area contributed by atoms with Gasteiger partial charge in [0, 0.05) is 44.6 Å². The average molecular weight is 420 g/mol. The quantitative estimate of drug-likeness (QED) is 0.492. The SMILES string of the molecule is O=CNc1cc(NCc2cn3cc(C4CC4)cc(C(=O)N4CCNCC4)c3n2)ncn1. The lowest BCUT2D eigenvalue weighted by atomic mass is 10.1. The highest BCUT2D eigenvalue weighted by atomic mass is 16.2. The van der Waals surface area contributed by atoms with Crippen molar-refractivity contribution in [2.75, 3.05) is 36.8 Å². The second-order valence-corrected chi connectivity index (χ2v) is 7.87. The fourth-order valence-electron chi connectivity index (χ4n) is 3.87. The Kier molecular flexibility index (Phi) is 5.21. The number of carbonyl (C=O) groups excluding carboxylic acids is 2. The second-order valence-electron chi connectivity index (χ2n) is 7.87. The summed E-state index contributed by atoms with van der Waals surface area (Å²) < 4.78 is 1.97. The maximum absolute atomic E-state index is 13.3. The first-order valence-corrected chi connectivity index (χ1v) is 10.5. The van der Waals surface area contributed by atoms with Gasteiger partial charge >= 0.3 is 0 Å². The Morgan fingerprint density at radius 1 is 1.16 bits per heavy atom. The molecule has 0 radical (unpaired) electrons. The smallest absolute Gasteiger partial charge is 0.257 e. The van der Waals surface area contributed by atoms with Crippen LogP contribution >= 0.6 is 0 Å². The van der Waals surface area contributed by atoms with Gasteiger partial charge in [-0.1, -0.05) is 0 Å². The number of piperazine rings is 1. The molecule has 1 aliphatic carbocycles. The molecule has 4 heterocycles. The predicted octanol–water partition coefficient (Wildman–Crippen LogP) is 1.23. The van der Waals surface area contributed by atoms with Gasteiger partial charge in [0.15, 0.2) is 0 Å². The molecule has 3 N–H and O–H groups in total. The van der Waals surface area contributed by atoms with Crippen LogP contribution in [0.4, 0.5) is 11.6 Å². The number of fused-ring (bicyclic) bond motifs is 1. The molecule has 3 aromatic rings. The maximum atomic E-state index is 13.3. The summed E-state index contributed by atoms with van der Waals surface area (Å²) in [5.41, 5.74) is 3.34. The lowest BCUT2D eigenvalue weighted by molar-refractivity contribution is -0.105. The van der Waals surface area contributed by atoms with Gasteiger partial charge in [-0.3, -0.25) is 9.59 Å². The highest BCUT2D eigenvalue weighted by molar-refractivity contribution is 6.00. The van der Waals surface area contributed by atoms with E-state index in [1.165, 1.54) is 24.7 Å². The molecule has 31 heavy (non-hydrogen) atoms. The number of carbonyl (C=O) groups is 2. The number of hydrogen-bond acceptors (Lipinski definition) is 7. The molecular weight excluding hydrogens is 396 g/mol. The van der Waals surface area contributed by atoms with Gasteiger partial charge < -0.3 is 25.3 Å². The minimum Gasteiger partial charge on any atom is -0.364 e. The van der Waals surface area contributed by atoms with Gasteiger partial charge in [-0.05, 0) is 30.4 Å². The topological polar surface area (TPSA) is 117 Å². The van der Waals surface area contributed by atoms with E-state index in [4.69, 9.17) is 4.98 Å². The van der Waals surface area contributed by atoms with Gasteiger partial charge in [0.05, 0.1) is 17.8 Å². The van der Waals surface area contributed by atoms with Crippen molar-refractivity contribution < 1.29 is 9.59 Å². The van der Waals surface area contributed by atoms with E-state index >= 15 is 0 Å². The van der Waals surface area contributed by atoms with E-state index in [9.17, 15) is 9.59 Å². The summed E-state index contributed by atoms with van der Waals surface area (Å²) >= 11 is 0. The number of anilines is 2. The van der Waals surface area contributed by atoms with Crippen molar-refractivity contribution in [3.63, 3.8) is 0 Å². The summed E-state index contributed by atoms with van der Waals surface area (Å²) in [6, 6.07) is 3.68. The fourth-order valence-corrected chi connectivity index (χ4v) is 3.87. The van der Waals surface area contributed by atoms with Crippen LogP contribution in [0.1, 0.15) is 40.4 Å². The highest BCUT2D eigenvalue weighted by Gasteiger charge is 2.28. The molecule has 2 aliphatic rings. The Morgan fingerprint density at radius 3 is 2.74 bits per heavy atom. The summed E-state index contributed by atoms with van der Waals surface area (Å²) in [5, 5.41) is 8.99. The van der Waals surface area contributed by atoms with Crippen molar-refractivity contribution in [2.45, 2.75) is 25.3 Å². The van der Waals surface area contributed by atoms with E-state index in [0.717, 1.165) is 18.8 Å². The molecular formula is C21H24N8O2. The van der Waals surface area contributed by atoms with Gasteiger partial charge in [0.1, 0.15) is 23.6 Å². The molecule has 1 saturated heterocycles. The molecule has 3 aromatic heterocycles. The monoisotopic (exact) mass is 420 g/mol. The van der Waals surface area contributed by atoms with Crippen LogP contribution in [0.5, 0.6) is 0 Å². The van der Waals surface area contributed by atoms with Gasteiger partial charge in [0.2, 0.25) is 6.41 Å². The number of imidazole rings is 1. The van der Waals surface area contributed by atoms with Crippen LogP contribution in [-0.2, 0) is 11.3 Å². The number of rotatable bonds is 7. The first-order valence-electron chi connectivity index (χ1n) is 10.5. The minimum absolute atomic E-state index is 0.0412. The third-order valence-electron chi connectivity index (χ3n) is 5.63. The highest BCUT2D eigenvalue weighted by Crippen LogP contribution is 2.40. The summed E-state index contributed by atoms with van der Waals surface area (Å²) in [5.74, 6) is 1.57. The van der Waals surface area contributed by atoms with Crippen molar-refractivity contribution in [2.24, 2.45) is 0 Å². The largest absolute Gasteiger partial charge is 0.364 e. The van der Waals surface area contributed by atoms with Crippen molar-refractivity contribution in [3.05, 3.63) is 47.7 Å². The Labute approximate surface area is 179 Å². The van der Waals surface area contributed by atoms with E-state index in [-0.39, 0.29) is 5.91 Å². The van der Waals surface area contributed by atoms with Crippen LogP contribution in [0.15, 0.2) is 30.9 Å². The van der Waals surface area contributed by atoms with Crippen molar-refractivity contribution in [1.82, 2.24) is 29.6 Å². The molecule has 0 aromatic carbocycles. The Balaban J connectivity index is 1.42. The zero-order valence-electron chi connectivity index (χ0n) is 17.0. The molecule has 2 fully saturated rings. The van der Waals surface area contributed by atoms with Gasteiger partial charge in [0.25, 0.3) is 5.91 Å². The number of aromatic nitrogens is 4. The van der Waals surface area contributed by atoms with Crippen molar-refractivity contribution in [1.29, 1.82) is 0 Å². The number of hydrogen-bond donors (Lipinski definition) is 3. The lowest BCUT2D eigenvalue weighted by Crippen LogP contribution is -2.46. The van der Waals surface area contributed by atoms with Gasteiger partial charge in [-0.2, -0.15) is 0 Å². The molecule has 5 rings (SSSR count). The van der Waals surface area contributed by atoms with Crippen molar-refractivity contribution >= 4 is 29.6 Å². The van der Waals surface area contributed by atoms with E-state index in [0.29, 0.717) is 54.8 Å². The zero-order valence-corrected chi connectivity index (χ0v) is 17.0. The van der Waals surface area contributed by atoms with Crippen LogP contribution in [0.2, 0.25) is 0 Å². The molecule has 0 unspecified atom stereocenters.